The van der Waals surface area contributed by atoms with Gasteiger partial charge in [0, 0.05) is 22.1 Å². The van der Waals surface area contributed by atoms with Crippen LogP contribution in [0.5, 0.6) is 0 Å². The number of benzene rings is 1. The van der Waals surface area contributed by atoms with Crippen LogP contribution >= 0.6 is 38.5 Å². The molecular formula is C14H14BrFIN5. The van der Waals surface area contributed by atoms with Crippen LogP contribution in [0.1, 0.15) is 12.5 Å². The SMILES string of the molecule is CCn1ncc(CC(/C=N\N)=Nc2ccc(F)cc2I)c1Br. The second-order valence-electron chi connectivity index (χ2n) is 4.43. The maximum atomic E-state index is 13.2. The predicted molar refractivity (Wildman–Crippen MR) is 98.2 cm³/mol. The van der Waals surface area contributed by atoms with Crippen molar-refractivity contribution in [2.24, 2.45) is 15.9 Å². The Bertz CT molecular complexity index is 726. The lowest BCUT2D eigenvalue weighted by Gasteiger charge is -2.04. The third-order valence-corrected chi connectivity index (χ3v) is 4.70. The highest BCUT2D eigenvalue weighted by molar-refractivity contribution is 14.1. The molecule has 0 unspecified atom stereocenters. The first-order valence-electron chi connectivity index (χ1n) is 6.51. The van der Waals surface area contributed by atoms with Crippen LogP contribution in [0, 0.1) is 9.39 Å². The molecule has 1 heterocycles. The standard InChI is InChI=1S/C14H14BrFIN5/c1-2-22-14(15)9(7-20-22)5-11(8-19-18)21-13-4-3-10(16)6-12(13)17/h3-4,6-8H,2,5,18H2,1H3/b19-8-,21-11?. The first kappa shape index (κ1) is 17.1. The van der Waals surface area contributed by atoms with Gasteiger partial charge in [-0.2, -0.15) is 10.2 Å². The molecule has 0 radical (unpaired) electrons. The minimum absolute atomic E-state index is 0.288. The van der Waals surface area contributed by atoms with Gasteiger partial charge in [-0.15, -0.1) is 0 Å². The van der Waals surface area contributed by atoms with Gasteiger partial charge >= 0.3 is 0 Å². The quantitative estimate of drug-likeness (QED) is 0.309. The summed E-state index contributed by atoms with van der Waals surface area (Å²) in [4.78, 5) is 4.52. The molecule has 0 saturated heterocycles. The van der Waals surface area contributed by atoms with Crippen LogP contribution in [-0.2, 0) is 13.0 Å². The topological polar surface area (TPSA) is 68.6 Å². The molecule has 1 aromatic carbocycles. The van der Waals surface area contributed by atoms with Crippen molar-refractivity contribution >= 4 is 56.1 Å². The van der Waals surface area contributed by atoms with Crippen LogP contribution in [0.25, 0.3) is 0 Å². The molecule has 2 N–H and O–H groups in total. The summed E-state index contributed by atoms with van der Waals surface area (Å²) < 4.78 is 16.6. The molecule has 0 bridgehead atoms. The highest BCUT2D eigenvalue weighted by Crippen LogP contribution is 2.23. The van der Waals surface area contributed by atoms with E-state index in [1.807, 2.05) is 34.2 Å². The van der Waals surface area contributed by atoms with Crippen molar-refractivity contribution in [2.45, 2.75) is 19.9 Å². The van der Waals surface area contributed by atoms with E-state index in [0.29, 0.717) is 17.8 Å². The van der Waals surface area contributed by atoms with Crippen molar-refractivity contribution in [1.82, 2.24) is 9.78 Å². The van der Waals surface area contributed by atoms with E-state index in [1.165, 1.54) is 18.3 Å². The van der Waals surface area contributed by atoms with Crippen LogP contribution in [0.2, 0.25) is 0 Å². The molecular weight excluding hydrogens is 464 g/mol. The highest BCUT2D eigenvalue weighted by atomic mass is 127. The van der Waals surface area contributed by atoms with Crippen LogP contribution in [0.15, 0.2) is 39.1 Å². The summed E-state index contributed by atoms with van der Waals surface area (Å²) in [5.74, 6) is 4.97. The van der Waals surface area contributed by atoms with Crippen molar-refractivity contribution in [1.29, 1.82) is 0 Å². The Balaban J connectivity index is 2.33. The van der Waals surface area contributed by atoms with E-state index >= 15 is 0 Å². The average molecular weight is 478 g/mol. The molecule has 22 heavy (non-hydrogen) atoms. The van der Waals surface area contributed by atoms with Crippen molar-refractivity contribution in [3.63, 3.8) is 0 Å². The number of hydrogen-bond donors (Lipinski definition) is 1. The summed E-state index contributed by atoms with van der Waals surface area (Å²) in [6, 6.07) is 4.44. The molecule has 0 fully saturated rings. The van der Waals surface area contributed by atoms with Crippen LogP contribution in [-0.4, -0.2) is 21.7 Å². The second kappa shape index (κ2) is 7.82. The number of nitrogens with zero attached hydrogens (tertiary/aromatic N) is 4. The molecule has 0 aliphatic heterocycles. The van der Waals surface area contributed by atoms with Gasteiger partial charge in [-0.3, -0.25) is 9.67 Å². The molecule has 2 rings (SSSR count). The minimum Gasteiger partial charge on any atom is -0.323 e. The van der Waals surface area contributed by atoms with Gasteiger partial charge in [0.25, 0.3) is 0 Å². The molecule has 0 atom stereocenters. The maximum Gasteiger partial charge on any atom is 0.124 e. The fourth-order valence-electron chi connectivity index (χ4n) is 1.87. The number of hydrazone groups is 1. The smallest absolute Gasteiger partial charge is 0.124 e. The molecule has 2 aromatic rings. The van der Waals surface area contributed by atoms with Gasteiger partial charge in [-0.1, -0.05) is 0 Å². The zero-order chi connectivity index (χ0) is 16.1. The van der Waals surface area contributed by atoms with Gasteiger partial charge in [0.2, 0.25) is 0 Å². The molecule has 0 spiro atoms. The summed E-state index contributed by atoms with van der Waals surface area (Å²) in [7, 11) is 0. The predicted octanol–water partition coefficient (Wildman–Crippen LogP) is 3.67. The van der Waals surface area contributed by atoms with Gasteiger partial charge in [-0.25, -0.2) is 4.39 Å². The van der Waals surface area contributed by atoms with E-state index < -0.39 is 0 Å². The molecule has 116 valence electrons. The summed E-state index contributed by atoms with van der Waals surface area (Å²) in [6.45, 7) is 2.78. The lowest BCUT2D eigenvalue weighted by molar-refractivity contribution is 0.627. The number of hydrogen-bond acceptors (Lipinski definition) is 4. The van der Waals surface area contributed by atoms with Gasteiger partial charge < -0.3 is 5.84 Å². The van der Waals surface area contributed by atoms with Crippen molar-refractivity contribution in [3.8, 4) is 0 Å². The fraction of sp³-hybridized carbons (Fsp3) is 0.214. The third kappa shape index (κ3) is 4.13. The number of rotatable bonds is 5. The Labute approximate surface area is 149 Å². The van der Waals surface area contributed by atoms with Gasteiger partial charge in [0.15, 0.2) is 0 Å². The van der Waals surface area contributed by atoms with Crippen molar-refractivity contribution < 1.29 is 4.39 Å². The monoisotopic (exact) mass is 477 g/mol. The number of nitrogens with two attached hydrogens (primary N) is 1. The normalized spacial score (nSPS) is 12.3. The zero-order valence-electron chi connectivity index (χ0n) is 11.8. The van der Waals surface area contributed by atoms with Crippen LogP contribution < -0.4 is 5.84 Å². The Morgan fingerprint density at radius 2 is 2.32 bits per heavy atom. The Hall–Kier alpha value is -1.29. The molecule has 0 aliphatic rings. The molecule has 0 aliphatic carbocycles. The van der Waals surface area contributed by atoms with E-state index in [2.05, 4.69) is 31.1 Å². The molecule has 0 amide bonds. The number of halogens is 3. The number of aromatic nitrogens is 2. The zero-order valence-corrected chi connectivity index (χ0v) is 15.5. The number of aryl methyl sites for hydroxylation is 1. The molecule has 5 nitrogen and oxygen atoms in total. The Kier molecular flexibility index (Phi) is 6.07. The number of aliphatic imine (C=N–C) groups is 1. The van der Waals surface area contributed by atoms with Crippen LogP contribution in [0.4, 0.5) is 10.1 Å². The van der Waals surface area contributed by atoms with E-state index in [0.717, 1.165) is 20.3 Å². The van der Waals surface area contributed by atoms with E-state index in [9.17, 15) is 4.39 Å². The van der Waals surface area contributed by atoms with Crippen molar-refractivity contribution in [2.75, 3.05) is 0 Å². The third-order valence-electron chi connectivity index (χ3n) is 2.91. The second-order valence-corrected chi connectivity index (χ2v) is 6.34. The molecule has 0 saturated carbocycles. The van der Waals surface area contributed by atoms with E-state index in [-0.39, 0.29) is 5.82 Å². The average Bonchev–Trinajstić information content (AvgIpc) is 2.83. The lowest BCUT2D eigenvalue weighted by Crippen LogP contribution is -2.07. The van der Waals surface area contributed by atoms with Gasteiger partial charge in [0.1, 0.15) is 10.4 Å². The summed E-state index contributed by atoms with van der Waals surface area (Å²) in [5, 5.41) is 7.83. The highest BCUT2D eigenvalue weighted by Gasteiger charge is 2.10. The molecule has 8 heteroatoms. The van der Waals surface area contributed by atoms with Crippen molar-refractivity contribution in [3.05, 3.63) is 43.9 Å². The van der Waals surface area contributed by atoms with E-state index in [1.54, 1.807) is 12.3 Å². The van der Waals surface area contributed by atoms with E-state index in [4.69, 9.17) is 5.84 Å². The minimum atomic E-state index is -0.288. The van der Waals surface area contributed by atoms with Gasteiger partial charge in [-0.05, 0) is 63.6 Å². The summed E-state index contributed by atoms with van der Waals surface area (Å²) >= 11 is 5.57. The summed E-state index contributed by atoms with van der Waals surface area (Å²) in [5.41, 5.74) is 2.33. The fourth-order valence-corrected chi connectivity index (χ4v) is 3.05. The first-order valence-corrected chi connectivity index (χ1v) is 8.38. The largest absolute Gasteiger partial charge is 0.323 e. The summed E-state index contributed by atoms with van der Waals surface area (Å²) in [6.07, 6.45) is 3.80. The van der Waals surface area contributed by atoms with Crippen LogP contribution in [0.3, 0.4) is 0 Å². The lowest BCUT2D eigenvalue weighted by atomic mass is 10.2. The Morgan fingerprint density at radius 3 is 2.91 bits per heavy atom. The molecule has 1 aromatic heterocycles. The van der Waals surface area contributed by atoms with Gasteiger partial charge in [0.05, 0.1) is 23.8 Å². The maximum absolute atomic E-state index is 13.2. The Morgan fingerprint density at radius 1 is 1.55 bits per heavy atom. The first-order chi connectivity index (χ1) is 10.5.